The number of aromatic nitrogens is 3. The van der Waals surface area contributed by atoms with Gasteiger partial charge in [-0.1, -0.05) is 29.5 Å². The molecule has 0 N–H and O–H groups in total. The summed E-state index contributed by atoms with van der Waals surface area (Å²) in [7, 11) is 0. The molecule has 168 valence electrons. The number of ether oxygens (including phenoxy) is 2. The van der Waals surface area contributed by atoms with E-state index in [0.29, 0.717) is 28.0 Å². The molecule has 0 bridgehead atoms. The maximum atomic E-state index is 13.1. The molecule has 8 nitrogen and oxygen atoms in total. The Morgan fingerprint density at radius 2 is 1.91 bits per heavy atom. The van der Waals surface area contributed by atoms with Gasteiger partial charge in [-0.15, -0.1) is 0 Å². The summed E-state index contributed by atoms with van der Waals surface area (Å²) in [6.45, 7) is 3.45. The molecule has 0 radical (unpaired) electrons. The van der Waals surface area contributed by atoms with E-state index >= 15 is 0 Å². The topological polar surface area (TPSA) is 99.9 Å². The molecular weight excluding hydrogens is 449 g/mol. The molecule has 2 heterocycles. The fourth-order valence-corrected chi connectivity index (χ4v) is 4.03. The lowest BCUT2D eigenvalue weighted by Gasteiger charge is -2.10. The van der Waals surface area contributed by atoms with Gasteiger partial charge >= 0.3 is 5.97 Å². The van der Waals surface area contributed by atoms with Gasteiger partial charge in [0.1, 0.15) is 11.5 Å². The van der Waals surface area contributed by atoms with Gasteiger partial charge in [0.2, 0.25) is 4.96 Å². The van der Waals surface area contributed by atoms with Crippen LogP contribution in [0.4, 0.5) is 4.39 Å². The number of thiazole rings is 1. The van der Waals surface area contributed by atoms with Crippen molar-refractivity contribution < 1.29 is 18.7 Å². The predicted octanol–water partition coefficient (Wildman–Crippen LogP) is 2.11. The van der Waals surface area contributed by atoms with Crippen molar-refractivity contribution in [2.24, 2.45) is 0 Å². The second-order valence-electron chi connectivity index (χ2n) is 7.01. The van der Waals surface area contributed by atoms with Crippen LogP contribution < -0.4 is 25.1 Å². The lowest BCUT2D eigenvalue weighted by Crippen LogP contribution is -2.28. The molecule has 4 aromatic rings. The summed E-state index contributed by atoms with van der Waals surface area (Å²) in [5.41, 5.74) is 0.423. The normalized spacial score (nSPS) is 11.7. The molecule has 0 amide bonds. The monoisotopic (exact) mass is 467 g/mol. The summed E-state index contributed by atoms with van der Waals surface area (Å²) in [5, 5.41) is 4.19. The van der Waals surface area contributed by atoms with Gasteiger partial charge in [0.15, 0.2) is 11.5 Å². The third kappa shape index (κ3) is 4.96. The van der Waals surface area contributed by atoms with E-state index in [1.54, 1.807) is 43.3 Å². The van der Waals surface area contributed by atoms with Crippen LogP contribution >= 0.6 is 11.3 Å². The van der Waals surface area contributed by atoms with Crippen LogP contribution in [0.1, 0.15) is 30.7 Å². The summed E-state index contributed by atoms with van der Waals surface area (Å²) < 4.78 is 25.2. The van der Waals surface area contributed by atoms with E-state index in [9.17, 15) is 18.8 Å². The molecule has 0 aliphatic rings. The number of halogens is 1. The fourth-order valence-electron chi connectivity index (χ4n) is 3.12. The number of benzene rings is 2. The molecule has 0 spiro atoms. The van der Waals surface area contributed by atoms with E-state index in [1.807, 2.05) is 0 Å². The van der Waals surface area contributed by atoms with Crippen LogP contribution in [0.2, 0.25) is 0 Å². The molecule has 2 aromatic heterocycles. The number of rotatable bonds is 6. The minimum atomic E-state index is -0.545. The number of fused-ring (bicyclic) bond motifs is 1. The molecule has 0 aliphatic heterocycles. The zero-order valence-electron chi connectivity index (χ0n) is 17.7. The van der Waals surface area contributed by atoms with Gasteiger partial charge in [-0.25, -0.2) is 4.39 Å². The van der Waals surface area contributed by atoms with E-state index < -0.39 is 17.1 Å². The number of hydrogen-bond donors (Lipinski definition) is 0. The van der Waals surface area contributed by atoms with Gasteiger partial charge in [0.05, 0.1) is 11.1 Å². The van der Waals surface area contributed by atoms with Crippen molar-refractivity contribution in [3.63, 3.8) is 0 Å². The van der Waals surface area contributed by atoms with E-state index in [4.69, 9.17) is 9.47 Å². The first-order chi connectivity index (χ1) is 15.8. The van der Waals surface area contributed by atoms with Crippen LogP contribution in [0, 0.1) is 5.82 Å². The second-order valence-corrected chi connectivity index (χ2v) is 8.02. The first-order valence-electron chi connectivity index (χ1n) is 9.98. The SMILES string of the molecule is CCOc1cc(/C=c2/sc3nc(=O)c(Cc4ccc(F)cc4)nn3c2=O)ccc1OC(C)=O. The lowest BCUT2D eigenvalue weighted by atomic mass is 10.1. The van der Waals surface area contributed by atoms with Gasteiger partial charge in [-0.2, -0.15) is 14.6 Å². The van der Waals surface area contributed by atoms with Crippen LogP contribution in [0.5, 0.6) is 11.5 Å². The molecule has 0 fully saturated rings. The van der Waals surface area contributed by atoms with Crippen LogP contribution in [0.25, 0.3) is 11.0 Å². The van der Waals surface area contributed by atoms with Crippen molar-refractivity contribution in [1.29, 1.82) is 0 Å². The fraction of sp³-hybridized carbons (Fsp3) is 0.174. The van der Waals surface area contributed by atoms with E-state index in [1.165, 1.54) is 19.1 Å². The second kappa shape index (κ2) is 9.29. The Labute approximate surface area is 190 Å². The molecule has 0 atom stereocenters. The van der Waals surface area contributed by atoms with Crippen LogP contribution in [-0.2, 0) is 11.2 Å². The third-order valence-corrected chi connectivity index (χ3v) is 5.51. The smallest absolute Gasteiger partial charge is 0.308 e. The predicted molar refractivity (Wildman–Crippen MR) is 120 cm³/mol. The molecule has 0 aliphatic carbocycles. The van der Waals surface area contributed by atoms with Crippen molar-refractivity contribution in [2.45, 2.75) is 20.3 Å². The van der Waals surface area contributed by atoms with Crippen molar-refractivity contribution in [3.8, 4) is 11.5 Å². The van der Waals surface area contributed by atoms with Crippen molar-refractivity contribution in [2.75, 3.05) is 6.61 Å². The lowest BCUT2D eigenvalue weighted by molar-refractivity contribution is -0.132. The van der Waals surface area contributed by atoms with Crippen molar-refractivity contribution >= 4 is 28.3 Å². The largest absolute Gasteiger partial charge is 0.490 e. The van der Waals surface area contributed by atoms with E-state index in [2.05, 4.69) is 10.1 Å². The third-order valence-electron chi connectivity index (χ3n) is 4.55. The Balaban J connectivity index is 1.74. The van der Waals surface area contributed by atoms with Gasteiger partial charge in [-0.3, -0.25) is 14.4 Å². The number of carbonyl (C=O) groups excluding carboxylic acids is 1. The molecule has 0 saturated carbocycles. The van der Waals surface area contributed by atoms with Gasteiger partial charge < -0.3 is 9.47 Å². The summed E-state index contributed by atoms with van der Waals surface area (Å²) in [5.74, 6) is -0.218. The highest BCUT2D eigenvalue weighted by atomic mass is 32.1. The first-order valence-corrected chi connectivity index (χ1v) is 10.8. The van der Waals surface area contributed by atoms with Gasteiger partial charge in [0, 0.05) is 13.3 Å². The number of hydrogen-bond acceptors (Lipinski definition) is 8. The van der Waals surface area contributed by atoms with Crippen LogP contribution in [0.15, 0.2) is 52.1 Å². The average molecular weight is 467 g/mol. The standard InChI is InChI=1S/C23H18FN3O5S/c1-3-31-19-11-15(6-9-18(19)32-13(2)28)12-20-22(30)27-23(33-20)25-21(29)17(26-27)10-14-4-7-16(24)8-5-14/h4-9,11-12H,3,10H2,1-2H3/b20-12+. The highest BCUT2D eigenvalue weighted by Crippen LogP contribution is 2.29. The van der Waals surface area contributed by atoms with Crippen LogP contribution in [0.3, 0.4) is 0 Å². The number of nitrogens with zero attached hydrogens (tertiary/aromatic N) is 3. The zero-order valence-corrected chi connectivity index (χ0v) is 18.5. The summed E-state index contributed by atoms with van der Waals surface area (Å²) >= 11 is 1.03. The molecule has 0 unspecified atom stereocenters. The maximum absolute atomic E-state index is 13.1. The molecule has 33 heavy (non-hydrogen) atoms. The zero-order chi connectivity index (χ0) is 23.5. The van der Waals surface area contributed by atoms with Gasteiger partial charge in [-0.05, 0) is 48.4 Å². The van der Waals surface area contributed by atoms with Crippen molar-refractivity contribution in [3.05, 3.63) is 90.3 Å². The summed E-state index contributed by atoms with van der Waals surface area (Å²) in [4.78, 5) is 40.8. The van der Waals surface area contributed by atoms with E-state index in [0.717, 1.165) is 15.9 Å². The summed E-state index contributed by atoms with van der Waals surface area (Å²) in [6, 6.07) is 10.6. The average Bonchev–Trinajstić information content (AvgIpc) is 3.06. The highest BCUT2D eigenvalue weighted by molar-refractivity contribution is 7.15. The Kier molecular flexibility index (Phi) is 6.27. The minimum absolute atomic E-state index is 0.0879. The highest BCUT2D eigenvalue weighted by Gasteiger charge is 2.13. The Morgan fingerprint density at radius 3 is 2.61 bits per heavy atom. The van der Waals surface area contributed by atoms with Crippen LogP contribution in [-0.4, -0.2) is 27.2 Å². The molecule has 0 saturated heterocycles. The summed E-state index contributed by atoms with van der Waals surface area (Å²) in [6.07, 6.45) is 1.74. The molecular formula is C23H18FN3O5S. The molecule has 10 heteroatoms. The quantitative estimate of drug-likeness (QED) is 0.316. The maximum Gasteiger partial charge on any atom is 0.308 e. The van der Waals surface area contributed by atoms with Gasteiger partial charge in [0.25, 0.3) is 11.1 Å². The number of carbonyl (C=O) groups is 1. The van der Waals surface area contributed by atoms with E-state index in [-0.39, 0.29) is 28.6 Å². The Morgan fingerprint density at radius 1 is 1.15 bits per heavy atom. The number of esters is 1. The molecule has 2 aromatic carbocycles. The Bertz CT molecular complexity index is 1510. The first kappa shape index (κ1) is 22.3. The molecule has 4 rings (SSSR count). The van der Waals surface area contributed by atoms with Crippen molar-refractivity contribution in [1.82, 2.24) is 14.6 Å². The Hall–Kier alpha value is -3.92. The minimum Gasteiger partial charge on any atom is -0.490 e.